The Kier molecular flexibility index (Phi) is 3.08. The molecule has 4 heterocycles. The summed E-state index contributed by atoms with van der Waals surface area (Å²) < 4.78 is 7.39. The Balaban J connectivity index is 1.60. The zero-order valence-electron chi connectivity index (χ0n) is 12.8. The van der Waals surface area contributed by atoms with Crippen molar-refractivity contribution in [3.8, 4) is 11.5 Å². The Morgan fingerprint density at radius 2 is 2.04 bits per heavy atom. The lowest BCUT2D eigenvalue weighted by Crippen LogP contribution is -1.91. The second kappa shape index (κ2) is 5.24. The lowest BCUT2D eigenvalue weighted by Gasteiger charge is -1.93. The number of hydrogen-bond acceptors (Lipinski definition) is 4. The molecule has 0 amide bonds. The average molecular weight is 305 g/mol. The SMILES string of the molecule is Cc1ccc(-c2cnc(/C=C/c3nc4cccc(C)n4n3)[nH]2)o1. The van der Waals surface area contributed by atoms with Gasteiger partial charge in [-0.2, -0.15) is 0 Å². The minimum Gasteiger partial charge on any atom is -0.460 e. The third-order valence-corrected chi connectivity index (χ3v) is 3.56. The summed E-state index contributed by atoms with van der Waals surface area (Å²) in [4.78, 5) is 12.0. The maximum absolute atomic E-state index is 5.58. The van der Waals surface area contributed by atoms with Crippen LogP contribution in [0.4, 0.5) is 0 Å². The number of H-pyrrole nitrogens is 1. The van der Waals surface area contributed by atoms with Crippen LogP contribution in [0.2, 0.25) is 0 Å². The topological polar surface area (TPSA) is 72.0 Å². The zero-order chi connectivity index (χ0) is 15.8. The Morgan fingerprint density at radius 3 is 2.83 bits per heavy atom. The van der Waals surface area contributed by atoms with Crippen molar-refractivity contribution in [2.75, 3.05) is 0 Å². The highest BCUT2D eigenvalue weighted by Crippen LogP contribution is 2.20. The van der Waals surface area contributed by atoms with E-state index < -0.39 is 0 Å². The summed E-state index contributed by atoms with van der Waals surface area (Å²) in [5.74, 6) is 3.02. The Hall–Kier alpha value is -3.15. The smallest absolute Gasteiger partial charge is 0.175 e. The molecule has 0 aliphatic carbocycles. The number of nitrogens with one attached hydrogen (secondary N) is 1. The maximum Gasteiger partial charge on any atom is 0.175 e. The Morgan fingerprint density at radius 1 is 1.13 bits per heavy atom. The van der Waals surface area contributed by atoms with Crippen LogP contribution >= 0.6 is 0 Å². The highest BCUT2D eigenvalue weighted by atomic mass is 16.3. The number of rotatable bonds is 3. The van der Waals surface area contributed by atoms with Crippen LogP contribution in [0.25, 0.3) is 29.3 Å². The van der Waals surface area contributed by atoms with Gasteiger partial charge in [0.1, 0.15) is 17.3 Å². The van der Waals surface area contributed by atoms with Crippen molar-refractivity contribution in [1.82, 2.24) is 24.6 Å². The molecule has 6 heteroatoms. The van der Waals surface area contributed by atoms with Gasteiger partial charge in [0.15, 0.2) is 17.2 Å². The molecule has 4 aromatic rings. The molecule has 0 fully saturated rings. The van der Waals surface area contributed by atoms with E-state index in [1.807, 2.05) is 60.8 Å². The van der Waals surface area contributed by atoms with Crippen molar-refractivity contribution in [1.29, 1.82) is 0 Å². The largest absolute Gasteiger partial charge is 0.460 e. The van der Waals surface area contributed by atoms with Crippen molar-refractivity contribution in [3.63, 3.8) is 0 Å². The van der Waals surface area contributed by atoms with E-state index in [4.69, 9.17) is 4.42 Å². The molecule has 1 N–H and O–H groups in total. The molecule has 0 unspecified atom stereocenters. The second-order valence-electron chi connectivity index (χ2n) is 5.33. The van der Waals surface area contributed by atoms with Gasteiger partial charge in [0.25, 0.3) is 0 Å². The standard InChI is InChI=1S/C17H15N5O/c1-11-4-3-5-17-20-16(21-22(11)17)9-8-15-18-10-13(19-15)14-7-6-12(2)23-14/h3-10H,1-2H3,(H,18,19)/b9-8+. The minimum atomic E-state index is 0.645. The van der Waals surface area contributed by atoms with Gasteiger partial charge in [-0.05, 0) is 50.3 Å². The quantitative estimate of drug-likeness (QED) is 0.629. The van der Waals surface area contributed by atoms with Crippen molar-refractivity contribution >= 4 is 17.8 Å². The Bertz CT molecular complexity index is 1010. The van der Waals surface area contributed by atoms with E-state index in [-0.39, 0.29) is 0 Å². The van der Waals surface area contributed by atoms with E-state index in [9.17, 15) is 0 Å². The third kappa shape index (κ3) is 2.55. The van der Waals surface area contributed by atoms with Gasteiger partial charge < -0.3 is 9.40 Å². The average Bonchev–Trinajstić information content (AvgIpc) is 3.23. The Labute approximate surface area is 132 Å². The molecule has 4 aromatic heterocycles. The molecule has 0 radical (unpaired) electrons. The van der Waals surface area contributed by atoms with Gasteiger partial charge in [-0.1, -0.05) is 6.07 Å². The summed E-state index contributed by atoms with van der Waals surface area (Å²) in [7, 11) is 0. The molecular formula is C17H15N5O. The summed E-state index contributed by atoms with van der Waals surface area (Å²) in [5.41, 5.74) is 2.72. The molecule has 0 spiro atoms. The first-order valence-corrected chi connectivity index (χ1v) is 7.31. The van der Waals surface area contributed by atoms with Crippen LogP contribution in [-0.4, -0.2) is 24.6 Å². The van der Waals surface area contributed by atoms with Crippen LogP contribution in [0.5, 0.6) is 0 Å². The fraction of sp³-hybridized carbons (Fsp3) is 0.118. The zero-order valence-corrected chi connectivity index (χ0v) is 12.8. The first kappa shape index (κ1) is 13.5. The van der Waals surface area contributed by atoms with Crippen LogP contribution in [0, 0.1) is 13.8 Å². The van der Waals surface area contributed by atoms with Gasteiger partial charge >= 0.3 is 0 Å². The molecule has 0 aliphatic rings. The minimum absolute atomic E-state index is 0.645. The fourth-order valence-corrected chi connectivity index (χ4v) is 2.40. The number of furan rings is 1. The number of pyridine rings is 1. The first-order chi connectivity index (χ1) is 11.2. The van der Waals surface area contributed by atoms with Crippen molar-refractivity contribution in [2.45, 2.75) is 13.8 Å². The van der Waals surface area contributed by atoms with E-state index in [2.05, 4.69) is 20.1 Å². The first-order valence-electron chi connectivity index (χ1n) is 7.31. The molecule has 0 saturated heterocycles. The summed E-state index contributed by atoms with van der Waals surface area (Å²) in [6.07, 6.45) is 5.44. The van der Waals surface area contributed by atoms with Gasteiger partial charge in [0, 0.05) is 5.69 Å². The van der Waals surface area contributed by atoms with Gasteiger partial charge in [0.2, 0.25) is 0 Å². The van der Waals surface area contributed by atoms with Crippen molar-refractivity contribution < 1.29 is 4.42 Å². The highest BCUT2D eigenvalue weighted by Gasteiger charge is 2.06. The number of aromatic nitrogens is 5. The van der Waals surface area contributed by atoms with Crippen molar-refractivity contribution in [3.05, 3.63) is 59.6 Å². The highest BCUT2D eigenvalue weighted by molar-refractivity contribution is 5.65. The van der Waals surface area contributed by atoms with Crippen LogP contribution in [0.1, 0.15) is 23.1 Å². The number of aryl methyl sites for hydroxylation is 2. The predicted octanol–water partition coefficient (Wildman–Crippen LogP) is 3.50. The summed E-state index contributed by atoms with van der Waals surface area (Å²) in [6.45, 7) is 3.91. The van der Waals surface area contributed by atoms with E-state index in [0.29, 0.717) is 5.82 Å². The molecule has 0 atom stereocenters. The van der Waals surface area contributed by atoms with Gasteiger partial charge in [-0.25, -0.2) is 14.5 Å². The third-order valence-electron chi connectivity index (χ3n) is 3.56. The molecule has 0 aromatic carbocycles. The molecule has 0 aliphatic heterocycles. The lowest BCUT2D eigenvalue weighted by atomic mass is 10.3. The van der Waals surface area contributed by atoms with Crippen LogP contribution in [0.15, 0.2) is 40.9 Å². The molecule has 23 heavy (non-hydrogen) atoms. The summed E-state index contributed by atoms with van der Waals surface area (Å²) in [6, 6.07) is 9.75. The van der Waals surface area contributed by atoms with E-state index in [0.717, 1.165) is 34.4 Å². The molecule has 4 rings (SSSR count). The van der Waals surface area contributed by atoms with Crippen LogP contribution in [-0.2, 0) is 0 Å². The lowest BCUT2D eigenvalue weighted by molar-refractivity contribution is 0.546. The molecule has 0 bridgehead atoms. The molecular weight excluding hydrogens is 290 g/mol. The maximum atomic E-state index is 5.58. The monoisotopic (exact) mass is 305 g/mol. The van der Waals surface area contributed by atoms with Gasteiger partial charge in [-0.15, -0.1) is 5.10 Å². The van der Waals surface area contributed by atoms with Gasteiger partial charge in [0.05, 0.1) is 6.20 Å². The van der Waals surface area contributed by atoms with Crippen LogP contribution in [0.3, 0.4) is 0 Å². The second-order valence-corrected chi connectivity index (χ2v) is 5.33. The fourth-order valence-electron chi connectivity index (χ4n) is 2.40. The van der Waals surface area contributed by atoms with Crippen molar-refractivity contribution in [2.24, 2.45) is 0 Å². The number of nitrogens with zero attached hydrogens (tertiary/aromatic N) is 4. The number of aromatic amines is 1. The molecule has 6 nitrogen and oxygen atoms in total. The number of hydrogen-bond donors (Lipinski definition) is 1. The van der Waals surface area contributed by atoms with Gasteiger partial charge in [-0.3, -0.25) is 0 Å². The van der Waals surface area contributed by atoms with E-state index in [1.165, 1.54) is 0 Å². The van der Waals surface area contributed by atoms with E-state index >= 15 is 0 Å². The predicted molar refractivity (Wildman–Crippen MR) is 87.7 cm³/mol. The molecule has 114 valence electrons. The van der Waals surface area contributed by atoms with Crippen LogP contribution < -0.4 is 0 Å². The summed E-state index contributed by atoms with van der Waals surface area (Å²) in [5, 5.41) is 4.45. The van der Waals surface area contributed by atoms with E-state index in [1.54, 1.807) is 6.20 Å². The number of fused-ring (bicyclic) bond motifs is 1. The summed E-state index contributed by atoms with van der Waals surface area (Å²) >= 11 is 0. The normalized spacial score (nSPS) is 11.7. The number of imidazole rings is 1. The molecule has 0 saturated carbocycles.